The first-order chi connectivity index (χ1) is 13.6. The van der Waals surface area contributed by atoms with Gasteiger partial charge in [0.1, 0.15) is 17.2 Å². The van der Waals surface area contributed by atoms with Crippen molar-refractivity contribution < 1.29 is 19.0 Å². The second-order valence-corrected chi connectivity index (χ2v) is 7.49. The number of carbonyl (C=O) groups excluding carboxylic acids is 1. The fourth-order valence-corrected chi connectivity index (χ4v) is 3.43. The second-order valence-electron chi connectivity index (χ2n) is 6.58. The van der Waals surface area contributed by atoms with Gasteiger partial charge in [-0.1, -0.05) is 15.9 Å². The second kappa shape index (κ2) is 9.80. The third kappa shape index (κ3) is 5.39. The van der Waals surface area contributed by atoms with Gasteiger partial charge in [-0.05, 0) is 42.5 Å². The van der Waals surface area contributed by atoms with Gasteiger partial charge in [0.05, 0.1) is 14.2 Å². The fraction of sp³-hybridized carbons (Fsp3) is 0.381. The van der Waals surface area contributed by atoms with Crippen molar-refractivity contribution in [2.45, 2.75) is 6.54 Å². The molecule has 0 aromatic heterocycles. The van der Waals surface area contributed by atoms with Crippen molar-refractivity contribution in [3.05, 3.63) is 52.5 Å². The molecule has 0 aliphatic carbocycles. The van der Waals surface area contributed by atoms with Gasteiger partial charge in [0.15, 0.2) is 6.61 Å². The van der Waals surface area contributed by atoms with Gasteiger partial charge in [-0.3, -0.25) is 9.69 Å². The van der Waals surface area contributed by atoms with Gasteiger partial charge in [0.2, 0.25) is 0 Å². The van der Waals surface area contributed by atoms with E-state index in [-0.39, 0.29) is 12.5 Å². The molecule has 1 saturated heterocycles. The van der Waals surface area contributed by atoms with Gasteiger partial charge >= 0.3 is 0 Å². The summed E-state index contributed by atoms with van der Waals surface area (Å²) in [7, 11) is 3.33. The van der Waals surface area contributed by atoms with Gasteiger partial charge < -0.3 is 19.1 Å². The van der Waals surface area contributed by atoms with Crippen molar-refractivity contribution in [3.8, 4) is 17.2 Å². The molecule has 0 bridgehead atoms. The molecule has 2 aromatic rings. The molecule has 0 atom stereocenters. The van der Waals surface area contributed by atoms with E-state index in [2.05, 4.69) is 20.8 Å². The monoisotopic (exact) mass is 448 g/mol. The van der Waals surface area contributed by atoms with Crippen molar-refractivity contribution in [2.24, 2.45) is 0 Å². The molecule has 0 spiro atoms. The molecule has 1 aliphatic rings. The highest BCUT2D eigenvalue weighted by Crippen LogP contribution is 2.25. The lowest BCUT2D eigenvalue weighted by molar-refractivity contribution is -0.135. The van der Waals surface area contributed by atoms with Crippen LogP contribution < -0.4 is 14.2 Å². The SMILES string of the molecule is COc1ccc(OC)c(CN2CCN(C(=O)COc3ccc(Br)cc3)CC2)c1. The van der Waals surface area contributed by atoms with Crippen LogP contribution in [0, 0.1) is 0 Å². The Morgan fingerprint density at radius 3 is 2.29 bits per heavy atom. The summed E-state index contributed by atoms with van der Waals surface area (Å²) in [5.41, 5.74) is 1.08. The lowest BCUT2D eigenvalue weighted by Gasteiger charge is -2.35. The summed E-state index contributed by atoms with van der Waals surface area (Å²) in [6, 6.07) is 13.3. The minimum absolute atomic E-state index is 0.0153. The number of piperazine rings is 1. The normalized spacial score (nSPS) is 14.6. The molecule has 2 aromatic carbocycles. The summed E-state index contributed by atoms with van der Waals surface area (Å²) in [5, 5.41) is 0. The molecule has 0 N–H and O–H groups in total. The van der Waals surface area contributed by atoms with Crippen LogP contribution in [0.5, 0.6) is 17.2 Å². The maximum Gasteiger partial charge on any atom is 0.260 e. The molecule has 28 heavy (non-hydrogen) atoms. The molecule has 1 aliphatic heterocycles. The van der Waals surface area contributed by atoms with Crippen molar-refractivity contribution in [1.29, 1.82) is 0 Å². The summed E-state index contributed by atoms with van der Waals surface area (Å²) in [4.78, 5) is 16.6. The summed E-state index contributed by atoms with van der Waals surface area (Å²) in [6.07, 6.45) is 0. The Labute approximate surface area is 174 Å². The van der Waals surface area contributed by atoms with Gasteiger partial charge in [0, 0.05) is 42.8 Å². The Morgan fingerprint density at radius 1 is 0.964 bits per heavy atom. The van der Waals surface area contributed by atoms with E-state index in [0.717, 1.165) is 41.2 Å². The quantitative estimate of drug-likeness (QED) is 0.650. The van der Waals surface area contributed by atoms with E-state index in [0.29, 0.717) is 18.8 Å². The van der Waals surface area contributed by atoms with Crippen molar-refractivity contribution in [3.63, 3.8) is 0 Å². The van der Waals surface area contributed by atoms with Crippen molar-refractivity contribution in [2.75, 3.05) is 47.0 Å². The standard InChI is InChI=1S/C21H25BrN2O4/c1-26-19-7-8-20(27-2)16(13-19)14-23-9-11-24(12-10-23)21(25)15-28-18-5-3-17(22)4-6-18/h3-8,13H,9-12,14-15H2,1-2H3. The third-order valence-corrected chi connectivity index (χ3v) is 5.31. The van der Waals surface area contributed by atoms with Crippen LogP contribution in [-0.2, 0) is 11.3 Å². The molecule has 1 amide bonds. The zero-order chi connectivity index (χ0) is 19.9. The molecule has 1 heterocycles. The zero-order valence-corrected chi connectivity index (χ0v) is 17.8. The maximum atomic E-state index is 12.4. The molecule has 0 unspecified atom stereocenters. The Hall–Kier alpha value is -2.25. The molecule has 7 heteroatoms. The predicted molar refractivity (Wildman–Crippen MR) is 111 cm³/mol. The highest BCUT2D eigenvalue weighted by molar-refractivity contribution is 9.10. The van der Waals surface area contributed by atoms with Crippen molar-refractivity contribution >= 4 is 21.8 Å². The van der Waals surface area contributed by atoms with E-state index in [1.165, 1.54) is 0 Å². The van der Waals surface area contributed by atoms with Gasteiger partial charge in [-0.25, -0.2) is 0 Å². The summed E-state index contributed by atoms with van der Waals surface area (Å²) in [5.74, 6) is 2.37. The molecule has 0 radical (unpaired) electrons. The number of hydrogen-bond donors (Lipinski definition) is 0. The lowest BCUT2D eigenvalue weighted by Crippen LogP contribution is -2.49. The number of halogens is 1. The maximum absolute atomic E-state index is 12.4. The number of benzene rings is 2. The minimum atomic E-state index is 0.0153. The highest BCUT2D eigenvalue weighted by Gasteiger charge is 2.22. The van der Waals surface area contributed by atoms with Crippen LogP contribution in [0.4, 0.5) is 0 Å². The van der Waals surface area contributed by atoms with E-state index in [1.807, 2.05) is 47.4 Å². The summed E-state index contributed by atoms with van der Waals surface area (Å²) >= 11 is 3.38. The molecule has 6 nitrogen and oxygen atoms in total. The first-order valence-electron chi connectivity index (χ1n) is 9.18. The first kappa shape index (κ1) is 20.5. The van der Waals surface area contributed by atoms with E-state index in [4.69, 9.17) is 14.2 Å². The topological polar surface area (TPSA) is 51.2 Å². The third-order valence-electron chi connectivity index (χ3n) is 4.78. The van der Waals surface area contributed by atoms with E-state index in [9.17, 15) is 4.79 Å². The average Bonchev–Trinajstić information content (AvgIpc) is 2.73. The molecular formula is C21H25BrN2O4. The number of nitrogens with zero attached hydrogens (tertiary/aromatic N) is 2. The summed E-state index contributed by atoms with van der Waals surface area (Å²) < 4.78 is 17.4. The summed E-state index contributed by atoms with van der Waals surface area (Å²) in [6.45, 7) is 3.82. The van der Waals surface area contributed by atoms with Crippen LogP contribution >= 0.6 is 15.9 Å². The smallest absolute Gasteiger partial charge is 0.260 e. The number of rotatable bonds is 7. The van der Waals surface area contributed by atoms with Gasteiger partial charge in [-0.15, -0.1) is 0 Å². The molecule has 0 saturated carbocycles. The Kier molecular flexibility index (Phi) is 7.17. The molecular weight excluding hydrogens is 424 g/mol. The Bertz CT molecular complexity index is 789. The number of hydrogen-bond acceptors (Lipinski definition) is 5. The number of amides is 1. The van der Waals surface area contributed by atoms with Crippen molar-refractivity contribution in [1.82, 2.24) is 9.80 Å². The molecule has 1 fully saturated rings. The van der Waals surface area contributed by atoms with E-state index in [1.54, 1.807) is 14.2 Å². The predicted octanol–water partition coefficient (Wildman–Crippen LogP) is 3.19. The van der Waals surface area contributed by atoms with Gasteiger partial charge in [-0.2, -0.15) is 0 Å². The largest absolute Gasteiger partial charge is 0.497 e. The van der Waals surface area contributed by atoms with Crippen LogP contribution in [0.2, 0.25) is 0 Å². The van der Waals surface area contributed by atoms with Crippen LogP contribution in [0.15, 0.2) is 46.9 Å². The van der Waals surface area contributed by atoms with Crippen LogP contribution in [0.1, 0.15) is 5.56 Å². The molecule has 3 rings (SSSR count). The Morgan fingerprint density at radius 2 is 1.64 bits per heavy atom. The average molecular weight is 449 g/mol. The first-order valence-corrected chi connectivity index (χ1v) is 9.97. The van der Waals surface area contributed by atoms with Crippen LogP contribution in [0.3, 0.4) is 0 Å². The highest BCUT2D eigenvalue weighted by atomic mass is 79.9. The number of ether oxygens (including phenoxy) is 3. The molecule has 150 valence electrons. The minimum Gasteiger partial charge on any atom is -0.497 e. The number of carbonyl (C=O) groups is 1. The van der Waals surface area contributed by atoms with E-state index < -0.39 is 0 Å². The van der Waals surface area contributed by atoms with Gasteiger partial charge in [0.25, 0.3) is 5.91 Å². The zero-order valence-electron chi connectivity index (χ0n) is 16.2. The van der Waals surface area contributed by atoms with E-state index >= 15 is 0 Å². The fourth-order valence-electron chi connectivity index (χ4n) is 3.17. The lowest BCUT2D eigenvalue weighted by atomic mass is 10.1. The van der Waals surface area contributed by atoms with Crippen LogP contribution in [0.25, 0.3) is 0 Å². The van der Waals surface area contributed by atoms with Crippen LogP contribution in [-0.4, -0.2) is 62.7 Å². The number of methoxy groups -OCH3 is 2. The Balaban J connectivity index is 1.49.